The second-order valence-electron chi connectivity index (χ2n) is 9.75. The van der Waals surface area contributed by atoms with Crippen LogP contribution in [0.4, 0.5) is 0 Å². The number of carbonyl (C=O) groups excluding carboxylic acids is 3. The third-order valence-electron chi connectivity index (χ3n) is 7.89. The van der Waals surface area contributed by atoms with Gasteiger partial charge in [0.05, 0.1) is 36.4 Å². The summed E-state index contributed by atoms with van der Waals surface area (Å²) in [6.07, 6.45) is 3.96. The Labute approximate surface area is 211 Å². The van der Waals surface area contributed by atoms with Crippen LogP contribution in [0, 0.1) is 17.8 Å². The van der Waals surface area contributed by atoms with Crippen molar-refractivity contribution in [3.05, 3.63) is 25.3 Å². The summed E-state index contributed by atoms with van der Waals surface area (Å²) in [4.78, 5) is 46.5. The third kappa shape index (κ3) is 4.54. The Bertz CT molecular complexity index is 849. The molecule has 6 atom stereocenters. The molecule has 10 heteroatoms. The van der Waals surface area contributed by atoms with Crippen LogP contribution in [0.25, 0.3) is 0 Å². The highest BCUT2D eigenvalue weighted by Gasteiger charge is 2.76. The first-order valence-corrected chi connectivity index (χ1v) is 13.3. The smallest absolute Gasteiger partial charge is 0.311 e. The van der Waals surface area contributed by atoms with Crippen LogP contribution in [0.1, 0.15) is 13.3 Å². The van der Waals surface area contributed by atoms with E-state index in [1.165, 1.54) is 11.0 Å². The number of thioether (sulfide) groups is 1. The molecule has 2 amide bonds. The van der Waals surface area contributed by atoms with E-state index in [1.807, 2.05) is 0 Å². The predicted octanol–water partition coefficient (Wildman–Crippen LogP) is 0.392. The molecule has 35 heavy (non-hydrogen) atoms. The van der Waals surface area contributed by atoms with Gasteiger partial charge < -0.3 is 24.4 Å². The number of likely N-dealkylation sites (tertiary alicyclic amines) is 1. The summed E-state index contributed by atoms with van der Waals surface area (Å²) in [7, 11) is 0. The molecule has 4 aliphatic heterocycles. The molecule has 0 aromatic carbocycles. The molecule has 4 saturated heterocycles. The van der Waals surface area contributed by atoms with Crippen LogP contribution in [-0.4, -0.2) is 119 Å². The Morgan fingerprint density at radius 3 is 2.69 bits per heavy atom. The minimum atomic E-state index is -0.737. The van der Waals surface area contributed by atoms with Crippen LogP contribution in [0.2, 0.25) is 0 Å². The van der Waals surface area contributed by atoms with E-state index in [2.05, 4.69) is 25.0 Å². The number of amides is 2. The Hall–Kier alpha value is -1.88. The second-order valence-corrected chi connectivity index (χ2v) is 11.3. The fourth-order valence-corrected chi connectivity index (χ4v) is 8.76. The zero-order valence-corrected chi connectivity index (χ0v) is 21.3. The number of aliphatic hydroxyl groups excluding tert-OH is 1. The van der Waals surface area contributed by atoms with Crippen molar-refractivity contribution in [1.29, 1.82) is 0 Å². The van der Waals surface area contributed by atoms with E-state index in [9.17, 15) is 19.5 Å². The number of aliphatic hydroxyl groups is 1. The molecule has 3 unspecified atom stereocenters. The van der Waals surface area contributed by atoms with Gasteiger partial charge in [-0.05, 0) is 12.3 Å². The number of β-amino-alcohol motifs (C(OH)–C–C–N with tert-alkyl or cyclic N) is 1. The van der Waals surface area contributed by atoms with Gasteiger partial charge in [0.1, 0.15) is 12.6 Å². The van der Waals surface area contributed by atoms with Crippen molar-refractivity contribution in [2.45, 2.75) is 29.4 Å². The zero-order chi connectivity index (χ0) is 25.2. The van der Waals surface area contributed by atoms with Gasteiger partial charge in [-0.3, -0.25) is 19.3 Å². The Morgan fingerprint density at radius 1 is 1.29 bits per heavy atom. The van der Waals surface area contributed by atoms with Gasteiger partial charge >= 0.3 is 5.97 Å². The number of nitrogens with zero attached hydrogens (tertiary/aromatic N) is 3. The van der Waals surface area contributed by atoms with Crippen molar-refractivity contribution in [1.82, 2.24) is 14.7 Å². The molecule has 0 aliphatic carbocycles. The summed E-state index contributed by atoms with van der Waals surface area (Å²) in [5.41, 5.74) is 0. The van der Waals surface area contributed by atoms with Gasteiger partial charge in [-0.2, -0.15) is 0 Å². The molecule has 0 radical (unpaired) electrons. The third-order valence-corrected chi connectivity index (χ3v) is 9.96. The molecule has 1 N–H and O–H groups in total. The fourth-order valence-electron chi connectivity index (χ4n) is 6.36. The molecule has 4 rings (SSSR count). The molecular formula is C25H37N3O6S. The molecule has 4 heterocycles. The number of esters is 1. The maximum atomic E-state index is 14.2. The minimum absolute atomic E-state index is 0.0608. The fraction of sp³-hybridized carbons (Fsp3) is 0.720. The largest absolute Gasteiger partial charge is 0.461 e. The normalized spacial score (nSPS) is 34.1. The number of rotatable bonds is 11. The van der Waals surface area contributed by atoms with E-state index in [0.29, 0.717) is 32.8 Å². The maximum Gasteiger partial charge on any atom is 0.311 e. The highest BCUT2D eigenvalue weighted by molar-refractivity contribution is 8.02. The van der Waals surface area contributed by atoms with Crippen LogP contribution >= 0.6 is 11.8 Å². The molecule has 0 saturated carbocycles. The average molecular weight is 508 g/mol. The van der Waals surface area contributed by atoms with Crippen LogP contribution in [0.5, 0.6) is 0 Å². The van der Waals surface area contributed by atoms with Crippen molar-refractivity contribution in [3.8, 4) is 0 Å². The number of carbonyl (C=O) groups is 3. The number of fused-ring (bicyclic) bond motifs is 1. The average Bonchev–Trinajstić information content (AvgIpc) is 3.44. The molecular weight excluding hydrogens is 470 g/mol. The molecule has 2 bridgehead atoms. The Kier molecular flexibility index (Phi) is 8.25. The minimum Gasteiger partial charge on any atom is -0.461 e. The lowest BCUT2D eigenvalue weighted by molar-refractivity contribution is -0.153. The van der Waals surface area contributed by atoms with Gasteiger partial charge in [0.2, 0.25) is 11.8 Å². The van der Waals surface area contributed by atoms with Crippen LogP contribution < -0.4 is 0 Å². The highest BCUT2D eigenvalue weighted by atomic mass is 32.2. The summed E-state index contributed by atoms with van der Waals surface area (Å²) < 4.78 is 10.1. The van der Waals surface area contributed by atoms with Gasteiger partial charge in [-0.15, -0.1) is 18.3 Å². The maximum absolute atomic E-state index is 14.2. The van der Waals surface area contributed by atoms with Crippen molar-refractivity contribution in [2.75, 3.05) is 65.7 Å². The monoisotopic (exact) mass is 507 g/mol. The molecule has 1 spiro atoms. The highest BCUT2D eigenvalue weighted by Crippen LogP contribution is 2.68. The lowest BCUT2D eigenvalue weighted by Gasteiger charge is -2.40. The van der Waals surface area contributed by atoms with Crippen molar-refractivity contribution < 1.29 is 29.0 Å². The molecule has 0 aromatic heterocycles. The van der Waals surface area contributed by atoms with E-state index in [-0.39, 0.29) is 42.7 Å². The number of hydrogen-bond donors (Lipinski definition) is 1. The summed E-state index contributed by atoms with van der Waals surface area (Å²) in [5, 5.41) is 9.72. The number of morpholine rings is 1. The van der Waals surface area contributed by atoms with E-state index in [4.69, 9.17) is 9.47 Å². The zero-order valence-electron chi connectivity index (χ0n) is 20.5. The lowest BCUT2D eigenvalue weighted by atomic mass is 9.66. The first-order chi connectivity index (χ1) is 16.9. The number of ether oxygens (including phenoxy) is 2. The Morgan fingerprint density at radius 2 is 2.03 bits per heavy atom. The van der Waals surface area contributed by atoms with Gasteiger partial charge in [0.25, 0.3) is 0 Å². The standard InChI is InChI=1S/C25H37N3O6S/c1-4-6-27(8-7-26-10-14-33-15-11-26)23(31)21-25-17(3)16-18(35-25)19(24(32)34-13-5-2)20(25)22(30)28(21)9-12-29/h4-5,17-21,29H,1-2,6-16H2,3H3/t17?,18-,19+,20+,21?,25?/m1/s1. The predicted molar refractivity (Wildman–Crippen MR) is 133 cm³/mol. The van der Waals surface area contributed by atoms with Crippen LogP contribution in [0.3, 0.4) is 0 Å². The first-order valence-electron chi connectivity index (χ1n) is 12.5. The van der Waals surface area contributed by atoms with Gasteiger partial charge in [-0.25, -0.2) is 0 Å². The first kappa shape index (κ1) is 26.2. The number of hydrogen-bond acceptors (Lipinski definition) is 8. The van der Waals surface area contributed by atoms with Gasteiger partial charge in [0, 0.05) is 44.5 Å². The van der Waals surface area contributed by atoms with Gasteiger partial charge in [0.15, 0.2) is 0 Å². The summed E-state index contributed by atoms with van der Waals surface area (Å²) in [6.45, 7) is 14.0. The molecule has 4 aliphatic rings. The van der Waals surface area contributed by atoms with Crippen molar-refractivity contribution in [3.63, 3.8) is 0 Å². The van der Waals surface area contributed by atoms with Gasteiger partial charge in [-0.1, -0.05) is 25.7 Å². The SMILES string of the molecule is C=CCOC(=O)[C@@H]1[C@H]2C(=O)N(CCO)C(C(=O)N(CC=C)CCN3CCOCC3)C23S[C@@H]1CC3C. The van der Waals surface area contributed by atoms with Crippen LogP contribution in [-0.2, 0) is 23.9 Å². The quantitative estimate of drug-likeness (QED) is 0.317. The molecule has 0 aromatic rings. The molecule has 4 fully saturated rings. The lowest BCUT2D eigenvalue weighted by Crippen LogP contribution is -2.58. The van der Waals surface area contributed by atoms with Crippen molar-refractivity contribution >= 4 is 29.5 Å². The van der Waals surface area contributed by atoms with Crippen molar-refractivity contribution in [2.24, 2.45) is 17.8 Å². The molecule has 9 nitrogen and oxygen atoms in total. The topological polar surface area (TPSA) is 99.6 Å². The van der Waals surface area contributed by atoms with E-state index in [0.717, 1.165) is 19.5 Å². The summed E-state index contributed by atoms with van der Waals surface area (Å²) in [5.74, 6) is -1.93. The van der Waals surface area contributed by atoms with E-state index in [1.54, 1.807) is 22.7 Å². The van der Waals surface area contributed by atoms with Crippen LogP contribution in [0.15, 0.2) is 25.3 Å². The van der Waals surface area contributed by atoms with E-state index >= 15 is 0 Å². The Balaban J connectivity index is 1.63. The summed E-state index contributed by atoms with van der Waals surface area (Å²) >= 11 is 1.61. The summed E-state index contributed by atoms with van der Waals surface area (Å²) in [6, 6.07) is -0.737. The van der Waals surface area contributed by atoms with E-state index < -0.39 is 28.6 Å². The molecule has 194 valence electrons. The second kappa shape index (κ2) is 11.0.